The summed E-state index contributed by atoms with van der Waals surface area (Å²) in [5.41, 5.74) is 3.92. The van der Waals surface area contributed by atoms with Crippen LogP contribution >= 0.6 is 0 Å². The molecule has 5 unspecified atom stereocenters. The number of hydrogen-bond acceptors (Lipinski definition) is 5. The van der Waals surface area contributed by atoms with Crippen LogP contribution in [0.4, 0.5) is 0 Å². The second kappa shape index (κ2) is 5.31. The van der Waals surface area contributed by atoms with Gasteiger partial charge in [0, 0.05) is 19.4 Å². The summed E-state index contributed by atoms with van der Waals surface area (Å²) in [4.78, 5) is 22.5. The van der Waals surface area contributed by atoms with Crippen LogP contribution in [0, 0.1) is 11.8 Å². The van der Waals surface area contributed by atoms with E-state index in [0.717, 1.165) is 0 Å². The minimum Gasteiger partial charge on any atom is -0.480 e. The first-order valence-electron chi connectivity index (χ1n) is 6.78. The molecule has 2 fully saturated rings. The third-order valence-corrected chi connectivity index (χ3v) is 4.50. The molecule has 2 saturated heterocycles. The largest absolute Gasteiger partial charge is 0.480 e. The molecular formula is C13H21NO6. The number of carbonyl (C=O) groups is 2. The predicted octanol–water partition coefficient (Wildman–Crippen LogP) is 0.0717. The lowest BCUT2D eigenvalue weighted by molar-refractivity contribution is -0.174. The Labute approximate surface area is 117 Å². The topological polar surface area (TPSA) is 119 Å². The van der Waals surface area contributed by atoms with Crippen LogP contribution < -0.4 is 5.73 Å². The van der Waals surface area contributed by atoms with Crippen molar-refractivity contribution in [2.45, 2.75) is 50.5 Å². The number of nitrogens with two attached hydrogens (primary N) is 1. The average molecular weight is 287 g/mol. The molecule has 2 aliphatic rings. The Morgan fingerprint density at radius 3 is 2.60 bits per heavy atom. The van der Waals surface area contributed by atoms with E-state index in [2.05, 4.69) is 0 Å². The summed E-state index contributed by atoms with van der Waals surface area (Å²) in [6, 6.07) is -1.26. The Balaban J connectivity index is 2.20. The van der Waals surface area contributed by atoms with Gasteiger partial charge in [-0.2, -0.15) is 0 Å². The van der Waals surface area contributed by atoms with Gasteiger partial charge in [-0.05, 0) is 11.8 Å². The van der Waals surface area contributed by atoms with Crippen molar-refractivity contribution >= 4 is 11.9 Å². The molecule has 2 heterocycles. The molecule has 0 radical (unpaired) electrons. The number of carboxylic acid groups (broad SMARTS) is 2. The van der Waals surface area contributed by atoms with E-state index >= 15 is 0 Å². The van der Waals surface area contributed by atoms with Crippen molar-refractivity contribution in [1.29, 1.82) is 0 Å². The Kier molecular flexibility index (Phi) is 4.04. The number of carboxylic acids is 2. The minimum absolute atomic E-state index is 0.144. The van der Waals surface area contributed by atoms with Crippen molar-refractivity contribution in [2.75, 3.05) is 6.61 Å². The minimum atomic E-state index is -1.56. The van der Waals surface area contributed by atoms with E-state index in [1.807, 2.05) is 13.8 Å². The number of ether oxygens (including phenoxy) is 2. The molecule has 114 valence electrons. The fraction of sp³-hybridized carbons (Fsp3) is 0.846. The van der Waals surface area contributed by atoms with Crippen LogP contribution in [0.2, 0.25) is 0 Å². The molecule has 0 aromatic heterocycles. The first-order chi connectivity index (χ1) is 9.27. The van der Waals surface area contributed by atoms with Crippen LogP contribution in [0.5, 0.6) is 0 Å². The van der Waals surface area contributed by atoms with Gasteiger partial charge in [0.25, 0.3) is 0 Å². The van der Waals surface area contributed by atoms with Crippen LogP contribution in [-0.2, 0) is 19.1 Å². The standard InChI is InChI=1S/C13H21NO6/c1-6-5-19-9-4-13(12(17)18,3-8(14)11(15)16)20-10(9)7(6)2/h6-10H,3-5,14H2,1-2H3,(H,15,16)(H,17,18)/t6?,7?,8?,9?,10?,13-/m0/s1. The fourth-order valence-corrected chi connectivity index (χ4v) is 2.98. The summed E-state index contributed by atoms with van der Waals surface area (Å²) < 4.78 is 11.4. The summed E-state index contributed by atoms with van der Waals surface area (Å²) >= 11 is 0. The summed E-state index contributed by atoms with van der Waals surface area (Å²) in [7, 11) is 0. The van der Waals surface area contributed by atoms with E-state index in [0.29, 0.717) is 6.61 Å². The number of fused-ring (bicyclic) bond motifs is 1. The molecule has 2 rings (SSSR count). The van der Waals surface area contributed by atoms with Crippen LogP contribution in [0.1, 0.15) is 26.7 Å². The van der Waals surface area contributed by atoms with Crippen LogP contribution in [0.25, 0.3) is 0 Å². The first kappa shape index (κ1) is 15.2. The van der Waals surface area contributed by atoms with E-state index in [-0.39, 0.29) is 36.9 Å². The van der Waals surface area contributed by atoms with Gasteiger partial charge in [0.05, 0.1) is 12.2 Å². The third-order valence-electron chi connectivity index (χ3n) is 4.50. The number of rotatable bonds is 4. The number of hydrogen-bond donors (Lipinski definition) is 3. The van der Waals surface area contributed by atoms with Crippen LogP contribution in [-0.4, -0.2) is 52.6 Å². The van der Waals surface area contributed by atoms with Gasteiger partial charge in [-0.25, -0.2) is 4.79 Å². The van der Waals surface area contributed by atoms with Crippen molar-refractivity contribution in [3.8, 4) is 0 Å². The second-order valence-corrected chi connectivity index (χ2v) is 5.94. The fourth-order valence-electron chi connectivity index (χ4n) is 2.98. The molecular weight excluding hydrogens is 266 g/mol. The van der Waals surface area contributed by atoms with E-state index < -0.39 is 23.6 Å². The molecule has 0 spiro atoms. The van der Waals surface area contributed by atoms with Crippen LogP contribution in [0.15, 0.2) is 0 Å². The van der Waals surface area contributed by atoms with Crippen molar-refractivity contribution in [3.05, 3.63) is 0 Å². The quantitative estimate of drug-likeness (QED) is 0.669. The Morgan fingerprint density at radius 2 is 2.05 bits per heavy atom. The van der Waals surface area contributed by atoms with Gasteiger partial charge >= 0.3 is 11.9 Å². The highest BCUT2D eigenvalue weighted by Gasteiger charge is 2.56. The maximum Gasteiger partial charge on any atom is 0.336 e. The van der Waals surface area contributed by atoms with Gasteiger partial charge < -0.3 is 25.4 Å². The maximum absolute atomic E-state index is 11.6. The summed E-state index contributed by atoms with van der Waals surface area (Å²) in [6.07, 6.45) is -0.741. The molecule has 0 bridgehead atoms. The maximum atomic E-state index is 11.6. The van der Waals surface area contributed by atoms with Crippen molar-refractivity contribution in [2.24, 2.45) is 17.6 Å². The van der Waals surface area contributed by atoms with Crippen molar-refractivity contribution in [3.63, 3.8) is 0 Å². The highest BCUT2D eigenvalue weighted by molar-refractivity contribution is 5.80. The zero-order valence-electron chi connectivity index (χ0n) is 11.6. The molecule has 7 nitrogen and oxygen atoms in total. The lowest BCUT2D eigenvalue weighted by Crippen LogP contribution is -2.47. The van der Waals surface area contributed by atoms with Crippen molar-refractivity contribution in [1.82, 2.24) is 0 Å². The Morgan fingerprint density at radius 1 is 1.40 bits per heavy atom. The van der Waals surface area contributed by atoms with E-state index in [4.69, 9.17) is 20.3 Å². The zero-order valence-corrected chi connectivity index (χ0v) is 11.6. The van der Waals surface area contributed by atoms with Gasteiger partial charge in [0.2, 0.25) is 0 Å². The monoisotopic (exact) mass is 287 g/mol. The van der Waals surface area contributed by atoms with Gasteiger partial charge in [0.15, 0.2) is 5.60 Å². The van der Waals surface area contributed by atoms with Crippen molar-refractivity contribution < 1.29 is 29.3 Å². The highest BCUT2D eigenvalue weighted by atomic mass is 16.6. The lowest BCUT2D eigenvalue weighted by Gasteiger charge is -2.35. The lowest BCUT2D eigenvalue weighted by atomic mass is 9.84. The smallest absolute Gasteiger partial charge is 0.336 e. The zero-order chi connectivity index (χ0) is 15.1. The molecule has 7 heteroatoms. The average Bonchev–Trinajstić information content (AvgIpc) is 2.74. The molecule has 0 saturated carbocycles. The van der Waals surface area contributed by atoms with Gasteiger partial charge in [-0.1, -0.05) is 13.8 Å². The van der Waals surface area contributed by atoms with Gasteiger partial charge in [-0.15, -0.1) is 0 Å². The third kappa shape index (κ3) is 2.53. The molecule has 6 atom stereocenters. The summed E-state index contributed by atoms with van der Waals surface area (Å²) in [6.45, 7) is 4.58. The van der Waals surface area contributed by atoms with Gasteiger partial charge in [0.1, 0.15) is 6.04 Å². The Bertz CT molecular complexity index is 414. The summed E-state index contributed by atoms with van der Waals surface area (Å²) in [5.74, 6) is -1.97. The number of aliphatic carboxylic acids is 2. The second-order valence-electron chi connectivity index (χ2n) is 5.94. The van der Waals surface area contributed by atoms with Gasteiger partial charge in [-0.3, -0.25) is 4.79 Å². The molecule has 0 aromatic carbocycles. The van der Waals surface area contributed by atoms with E-state index in [1.165, 1.54) is 0 Å². The summed E-state index contributed by atoms with van der Waals surface area (Å²) in [5, 5.41) is 18.4. The molecule has 0 aliphatic carbocycles. The molecule has 0 amide bonds. The van der Waals surface area contributed by atoms with E-state index in [1.54, 1.807) is 0 Å². The first-order valence-corrected chi connectivity index (χ1v) is 6.78. The normalized spacial score (nSPS) is 42.0. The molecule has 2 aliphatic heterocycles. The molecule has 4 N–H and O–H groups in total. The molecule has 0 aromatic rings. The highest BCUT2D eigenvalue weighted by Crippen LogP contribution is 2.43. The SMILES string of the molecule is CC1COC2C[C@@](CC(N)C(=O)O)(C(=O)O)OC2C1C. The predicted molar refractivity (Wildman–Crippen MR) is 68.2 cm³/mol. The van der Waals surface area contributed by atoms with E-state index in [9.17, 15) is 14.7 Å². The molecule has 20 heavy (non-hydrogen) atoms. The van der Waals surface area contributed by atoms with Crippen LogP contribution in [0.3, 0.4) is 0 Å². The Hall–Kier alpha value is -1.18.